The molecule has 61 valence electrons. The van der Waals surface area contributed by atoms with Gasteiger partial charge in [0.05, 0.1) is 0 Å². The molecule has 1 aliphatic rings. The Morgan fingerprint density at radius 2 is 2.00 bits per heavy atom. The Labute approximate surface area is 76.0 Å². The van der Waals surface area contributed by atoms with Crippen molar-refractivity contribution in [3.63, 3.8) is 0 Å². The fourth-order valence-corrected chi connectivity index (χ4v) is 2.77. The van der Waals surface area contributed by atoms with E-state index in [9.17, 15) is 0 Å². The molecule has 1 aromatic carbocycles. The molecule has 0 unspecified atom stereocenters. The summed E-state index contributed by atoms with van der Waals surface area (Å²) in [6, 6.07) is 9.58. The molecule has 0 bridgehead atoms. The molecule has 1 radical (unpaired) electrons. The molecule has 0 saturated carbocycles. The molecular weight excluding hydrogens is 164 g/mol. The maximum atomic E-state index is 3.28. The summed E-state index contributed by atoms with van der Waals surface area (Å²) in [5.41, 5.74) is 1.32. The van der Waals surface area contributed by atoms with E-state index < -0.39 is 0 Å². The van der Waals surface area contributed by atoms with Gasteiger partial charge in [-0.1, -0.05) is 29.8 Å². The first-order chi connectivity index (χ1) is 5.86. The van der Waals surface area contributed by atoms with Gasteiger partial charge in [-0.25, -0.2) is 0 Å². The van der Waals surface area contributed by atoms with E-state index in [0.717, 1.165) is 0 Å². The number of hydrogen-bond donors (Lipinski definition) is 1. The molecule has 1 aliphatic heterocycles. The lowest BCUT2D eigenvalue weighted by molar-refractivity contribution is 1.35. The Bertz CT molecular complexity index is 325. The molecule has 0 aliphatic carbocycles. The van der Waals surface area contributed by atoms with Gasteiger partial charge in [0.2, 0.25) is 0 Å². The molecule has 0 nitrogen and oxygen atoms in total. The summed E-state index contributed by atoms with van der Waals surface area (Å²) >= 11 is 0. The fraction of sp³-hybridized carbons (Fsp3) is 0.0909. The minimum absolute atomic E-state index is 0.173. The SMILES string of the molecule is Cc1cc[c]c([SH]2C=CC=C2)c1. The molecule has 1 heteroatoms. The summed E-state index contributed by atoms with van der Waals surface area (Å²) in [6.07, 6.45) is 4.23. The topological polar surface area (TPSA) is 0 Å². The van der Waals surface area contributed by atoms with E-state index in [1.807, 2.05) is 6.07 Å². The number of aryl methyl sites for hydroxylation is 1. The predicted molar refractivity (Wildman–Crippen MR) is 55.5 cm³/mol. The highest BCUT2D eigenvalue weighted by Crippen LogP contribution is 2.41. The summed E-state index contributed by atoms with van der Waals surface area (Å²) in [6.45, 7) is 2.12. The molecule has 2 rings (SSSR count). The smallest absolute Gasteiger partial charge is 0.00267 e. The third-order valence-electron chi connectivity index (χ3n) is 1.82. The predicted octanol–water partition coefficient (Wildman–Crippen LogP) is 3.20. The third kappa shape index (κ3) is 1.46. The number of allylic oxidation sites excluding steroid dienone is 2. The molecule has 12 heavy (non-hydrogen) atoms. The molecule has 0 fully saturated rings. The summed E-state index contributed by atoms with van der Waals surface area (Å²) < 4.78 is 0. The summed E-state index contributed by atoms with van der Waals surface area (Å²) in [7, 11) is -0.173. The first-order valence-corrected chi connectivity index (χ1v) is 5.46. The largest absolute Gasteiger partial charge is 0.186 e. The first kappa shape index (κ1) is 7.69. The molecule has 0 atom stereocenters. The van der Waals surface area contributed by atoms with Crippen LogP contribution in [0.2, 0.25) is 0 Å². The molecule has 0 N–H and O–H groups in total. The van der Waals surface area contributed by atoms with Crippen LogP contribution in [0.4, 0.5) is 0 Å². The van der Waals surface area contributed by atoms with Gasteiger partial charge in [-0.05, 0) is 29.9 Å². The molecular formula is C11H11S. The van der Waals surface area contributed by atoms with Gasteiger partial charge in [0.1, 0.15) is 0 Å². The summed E-state index contributed by atoms with van der Waals surface area (Å²) in [4.78, 5) is 1.33. The highest BCUT2D eigenvalue weighted by atomic mass is 32.2. The monoisotopic (exact) mass is 175 g/mol. The highest BCUT2D eigenvalue weighted by Gasteiger charge is 2.01. The Morgan fingerprint density at radius 1 is 1.25 bits per heavy atom. The minimum Gasteiger partial charge on any atom is -0.186 e. The van der Waals surface area contributed by atoms with Crippen LogP contribution in [0.1, 0.15) is 5.56 Å². The second kappa shape index (κ2) is 3.20. The van der Waals surface area contributed by atoms with Crippen molar-refractivity contribution in [1.82, 2.24) is 0 Å². The maximum Gasteiger partial charge on any atom is 0.00267 e. The maximum absolute atomic E-state index is 3.28. The second-order valence-electron chi connectivity index (χ2n) is 2.84. The van der Waals surface area contributed by atoms with Crippen LogP contribution < -0.4 is 0 Å². The van der Waals surface area contributed by atoms with Crippen molar-refractivity contribution < 1.29 is 0 Å². The summed E-state index contributed by atoms with van der Waals surface area (Å²) in [5, 5.41) is 4.50. The molecule has 0 saturated heterocycles. The van der Waals surface area contributed by atoms with Crippen molar-refractivity contribution in [3.8, 4) is 0 Å². The van der Waals surface area contributed by atoms with Gasteiger partial charge in [-0.2, -0.15) is 10.9 Å². The van der Waals surface area contributed by atoms with Crippen molar-refractivity contribution in [2.75, 3.05) is 0 Å². The minimum atomic E-state index is -0.173. The van der Waals surface area contributed by atoms with E-state index in [2.05, 4.69) is 48.1 Å². The molecule has 0 spiro atoms. The average Bonchev–Trinajstić information content (AvgIpc) is 2.56. The van der Waals surface area contributed by atoms with Crippen LogP contribution in [0.5, 0.6) is 0 Å². The Balaban J connectivity index is 2.34. The van der Waals surface area contributed by atoms with E-state index in [4.69, 9.17) is 0 Å². The normalized spacial score (nSPS) is 17.2. The van der Waals surface area contributed by atoms with Crippen LogP contribution >= 0.6 is 10.9 Å². The van der Waals surface area contributed by atoms with E-state index >= 15 is 0 Å². The Kier molecular flexibility index (Phi) is 2.05. The fourth-order valence-electron chi connectivity index (χ4n) is 1.21. The van der Waals surface area contributed by atoms with E-state index in [0.29, 0.717) is 0 Å². The second-order valence-corrected chi connectivity index (χ2v) is 4.73. The lowest BCUT2D eigenvalue weighted by atomic mass is 10.2. The van der Waals surface area contributed by atoms with Gasteiger partial charge < -0.3 is 0 Å². The van der Waals surface area contributed by atoms with Crippen LogP contribution in [-0.2, 0) is 0 Å². The Hall–Kier alpha value is -0.950. The lowest BCUT2D eigenvalue weighted by Gasteiger charge is -2.09. The molecule has 0 aromatic heterocycles. The summed E-state index contributed by atoms with van der Waals surface area (Å²) in [5.74, 6) is 0. The van der Waals surface area contributed by atoms with Crippen LogP contribution in [0.25, 0.3) is 0 Å². The first-order valence-electron chi connectivity index (χ1n) is 3.98. The van der Waals surface area contributed by atoms with E-state index in [1.54, 1.807) is 0 Å². The van der Waals surface area contributed by atoms with Gasteiger partial charge in [-0.3, -0.25) is 0 Å². The lowest BCUT2D eigenvalue weighted by Crippen LogP contribution is -1.76. The molecule has 1 aromatic rings. The number of benzene rings is 1. The molecule has 0 amide bonds. The zero-order valence-corrected chi connectivity index (χ0v) is 7.88. The van der Waals surface area contributed by atoms with Crippen molar-refractivity contribution in [2.24, 2.45) is 0 Å². The number of rotatable bonds is 1. The van der Waals surface area contributed by atoms with Gasteiger partial charge in [0.25, 0.3) is 0 Å². The zero-order chi connectivity index (χ0) is 8.39. The van der Waals surface area contributed by atoms with E-state index in [-0.39, 0.29) is 10.9 Å². The standard InChI is InChI=1S/C11H11S/c1-10-5-4-6-11(9-10)12-7-2-3-8-12/h2-5,7-9,12H,1H3. The average molecular weight is 175 g/mol. The van der Waals surface area contributed by atoms with E-state index in [1.165, 1.54) is 10.5 Å². The van der Waals surface area contributed by atoms with Crippen LogP contribution in [0.3, 0.4) is 0 Å². The van der Waals surface area contributed by atoms with Crippen molar-refractivity contribution in [1.29, 1.82) is 0 Å². The zero-order valence-electron chi connectivity index (χ0n) is 6.99. The van der Waals surface area contributed by atoms with Crippen LogP contribution in [-0.4, -0.2) is 0 Å². The quantitative estimate of drug-likeness (QED) is 0.623. The van der Waals surface area contributed by atoms with Crippen molar-refractivity contribution >= 4 is 10.9 Å². The van der Waals surface area contributed by atoms with Gasteiger partial charge in [0, 0.05) is 4.90 Å². The third-order valence-corrected chi connectivity index (χ3v) is 3.63. The van der Waals surface area contributed by atoms with Crippen LogP contribution in [0, 0.1) is 13.0 Å². The van der Waals surface area contributed by atoms with Gasteiger partial charge in [-0.15, -0.1) is 0 Å². The van der Waals surface area contributed by atoms with Crippen molar-refractivity contribution in [2.45, 2.75) is 11.8 Å². The molecule has 1 heterocycles. The van der Waals surface area contributed by atoms with Crippen molar-refractivity contribution in [3.05, 3.63) is 52.8 Å². The number of hydrogen-bond acceptors (Lipinski definition) is 0. The van der Waals surface area contributed by atoms with Gasteiger partial charge >= 0.3 is 0 Å². The van der Waals surface area contributed by atoms with Gasteiger partial charge in [0.15, 0.2) is 0 Å². The highest BCUT2D eigenvalue weighted by molar-refractivity contribution is 8.22. The van der Waals surface area contributed by atoms with Crippen LogP contribution in [0.15, 0.2) is 46.1 Å². The number of thiol groups is 1. The Morgan fingerprint density at radius 3 is 2.67 bits per heavy atom.